The number of sulfonamides is 1. The van der Waals surface area contributed by atoms with Crippen molar-refractivity contribution in [3.05, 3.63) is 40.8 Å². The van der Waals surface area contributed by atoms with Gasteiger partial charge in [0.05, 0.1) is 6.42 Å². The van der Waals surface area contributed by atoms with Gasteiger partial charge in [0, 0.05) is 29.9 Å². The number of imidazole rings is 1. The largest absolute Gasteiger partial charge is 0.456 e. The van der Waals surface area contributed by atoms with E-state index in [0.717, 1.165) is 4.47 Å². The molecule has 0 aliphatic carbocycles. The van der Waals surface area contributed by atoms with Crippen LogP contribution in [0.2, 0.25) is 0 Å². The third-order valence-electron chi connectivity index (χ3n) is 3.48. The van der Waals surface area contributed by atoms with E-state index in [0.29, 0.717) is 11.5 Å². The third-order valence-corrected chi connectivity index (χ3v) is 5.34. The number of rotatable bonds is 8. The van der Waals surface area contributed by atoms with Crippen molar-refractivity contribution in [2.45, 2.75) is 18.4 Å². The molecule has 0 fully saturated rings. The highest BCUT2D eigenvalue weighted by molar-refractivity contribution is 9.10. The summed E-state index contributed by atoms with van der Waals surface area (Å²) in [6.07, 6.45) is 1.17. The van der Waals surface area contributed by atoms with Crippen LogP contribution in [-0.2, 0) is 31.4 Å². The first kappa shape index (κ1) is 21.1. The molecule has 0 bridgehead atoms. The van der Waals surface area contributed by atoms with Crippen LogP contribution in [-0.4, -0.2) is 43.0 Å². The van der Waals surface area contributed by atoms with Crippen molar-refractivity contribution in [3.8, 4) is 0 Å². The van der Waals surface area contributed by atoms with Crippen LogP contribution in [0.5, 0.6) is 0 Å². The standard InChI is InChI=1S/C16H19BrN4O5S/c1-11-19-15(9-21(11)2)27(24,25)18-8-7-16(23)26-10-14(22)20-13-5-3-12(17)4-6-13/h3-6,9,18H,7-8,10H2,1-2H3,(H,20,22). The smallest absolute Gasteiger partial charge is 0.307 e. The second kappa shape index (κ2) is 9.11. The van der Waals surface area contributed by atoms with Crippen LogP contribution in [0.3, 0.4) is 0 Å². The Morgan fingerprint density at radius 3 is 2.52 bits per heavy atom. The number of hydrogen-bond acceptors (Lipinski definition) is 6. The number of amides is 1. The minimum atomic E-state index is -3.81. The first-order valence-corrected chi connectivity index (χ1v) is 10.2. The number of hydrogen-bond donors (Lipinski definition) is 2. The lowest BCUT2D eigenvalue weighted by molar-refractivity contribution is -0.147. The lowest BCUT2D eigenvalue weighted by Crippen LogP contribution is -2.28. The number of benzene rings is 1. The van der Waals surface area contributed by atoms with Gasteiger partial charge in [-0.3, -0.25) is 9.59 Å². The summed E-state index contributed by atoms with van der Waals surface area (Å²) in [5, 5.41) is 2.45. The molecule has 0 aliphatic heterocycles. The van der Waals surface area contributed by atoms with Crippen molar-refractivity contribution in [1.29, 1.82) is 0 Å². The zero-order valence-corrected chi connectivity index (χ0v) is 17.1. The lowest BCUT2D eigenvalue weighted by Gasteiger charge is -2.07. The van der Waals surface area contributed by atoms with E-state index in [4.69, 9.17) is 4.74 Å². The van der Waals surface area contributed by atoms with Crippen LogP contribution in [0.4, 0.5) is 5.69 Å². The van der Waals surface area contributed by atoms with Gasteiger partial charge in [-0.15, -0.1) is 0 Å². The molecule has 0 saturated carbocycles. The Labute approximate surface area is 165 Å². The van der Waals surface area contributed by atoms with E-state index < -0.39 is 28.5 Å². The fraction of sp³-hybridized carbons (Fsp3) is 0.312. The Balaban J connectivity index is 1.72. The maximum absolute atomic E-state index is 12.1. The zero-order valence-electron chi connectivity index (χ0n) is 14.7. The number of esters is 1. The summed E-state index contributed by atoms with van der Waals surface area (Å²) in [7, 11) is -2.13. The molecule has 0 atom stereocenters. The SMILES string of the molecule is Cc1nc(S(=O)(=O)NCCC(=O)OCC(=O)Nc2ccc(Br)cc2)cn1C. The number of carbonyl (C=O) groups excluding carboxylic acids is 2. The predicted molar refractivity (Wildman–Crippen MR) is 101 cm³/mol. The van der Waals surface area contributed by atoms with Crippen LogP contribution in [0.15, 0.2) is 40.0 Å². The second-order valence-corrected chi connectivity index (χ2v) is 8.23. The van der Waals surface area contributed by atoms with E-state index in [2.05, 4.69) is 31.0 Å². The summed E-state index contributed by atoms with van der Waals surface area (Å²) in [5.74, 6) is -0.636. The van der Waals surface area contributed by atoms with Gasteiger partial charge in [0.25, 0.3) is 15.9 Å². The Morgan fingerprint density at radius 2 is 1.93 bits per heavy atom. The van der Waals surface area contributed by atoms with Gasteiger partial charge in [-0.1, -0.05) is 15.9 Å². The highest BCUT2D eigenvalue weighted by Gasteiger charge is 2.18. The number of nitrogens with one attached hydrogen (secondary N) is 2. The van der Waals surface area contributed by atoms with Crippen LogP contribution >= 0.6 is 15.9 Å². The first-order valence-electron chi connectivity index (χ1n) is 7.88. The molecule has 0 aliphatic rings. The summed E-state index contributed by atoms with van der Waals surface area (Å²) >= 11 is 3.28. The predicted octanol–water partition coefficient (Wildman–Crippen LogP) is 1.34. The minimum absolute atomic E-state index is 0.121. The van der Waals surface area contributed by atoms with E-state index in [1.807, 2.05) is 0 Å². The van der Waals surface area contributed by atoms with E-state index >= 15 is 0 Å². The van der Waals surface area contributed by atoms with Crippen molar-refractivity contribution in [1.82, 2.24) is 14.3 Å². The summed E-state index contributed by atoms with van der Waals surface area (Å²) in [6.45, 7) is 1.06. The molecular formula is C16H19BrN4O5S. The number of carbonyl (C=O) groups is 2. The summed E-state index contributed by atoms with van der Waals surface area (Å²) in [4.78, 5) is 27.3. The molecule has 1 amide bonds. The molecule has 0 radical (unpaired) electrons. The van der Waals surface area contributed by atoms with Crippen LogP contribution in [0.1, 0.15) is 12.2 Å². The molecule has 1 aromatic carbocycles. The van der Waals surface area contributed by atoms with Crippen LogP contribution in [0, 0.1) is 6.92 Å². The molecule has 0 spiro atoms. The monoisotopic (exact) mass is 458 g/mol. The molecule has 2 rings (SSSR count). The number of aryl methyl sites for hydroxylation is 2. The number of ether oxygens (including phenoxy) is 1. The molecule has 2 aromatic rings. The van der Waals surface area contributed by atoms with Crippen LogP contribution in [0.25, 0.3) is 0 Å². The lowest BCUT2D eigenvalue weighted by atomic mass is 10.3. The van der Waals surface area contributed by atoms with Gasteiger partial charge in [0.1, 0.15) is 5.82 Å². The molecule has 11 heteroatoms. The normalized spacial score (nSPS) is 11.2. The molecule has 1 heterocycles. The molecule has 2 N–H and O–H groups in total. The molecular weight excluding hydrogens is 440 g/mol. The third kappa shape index (κ3) is 6.45. The summed E-state index contributed by atoms with van der Waals surface area (Å²) < 4.78 is 33.7. The fourth-order valence-corrected chi connectivity index (χ4v) is 3.30. The second-order valence-electron chi connectivity index (χ2n) is 5.60. The van der Waals surface area contributed by atoms with Gasteiger partial charge in [-0.2, -0.15) is 0 Å². The Kier molecular flexibility index (Phi) is 7.11. The molecule has 0 saturated heterocycles. The van der Waals surface area contributed by atoms with E-state index in [1.54, 1.807) is 42.8 Å². The highest BCUT2D eigenvalue weighted by Crippen LogP contribution is 2.14. The van der Waals surface area contributed by atoms with Gasteiger partial charge >= 0.3 is 5.97 Å². The van der Waals surface area contributed by atoms with Gasteiger partial charge in [0.2, 0.25) is 0 Å². The van der Waals surface area contributed by atoms with E-state index in [-0.39, 0.29) is 18.0 Å². The molecule has 0 unspecified atom stereocenters. The average Bonchev–Trinajstić information content (AvgIpc) is 2.95. The number of aromatic nitrogens is 2. The molecule has 27 heavy (non-hydrogen) atoms. The Hall–Kier alpha value is -2.24. The number of anilines is 1. The van der Waals surface area contributed by atoms with Crippen molar-refractivity contribution >= 4 is 43.5 Å². The Morgan fingerprint density at radius 1 is 1.26 bits per heavy atom. The van der Waals surface area contributed by atoms with Crippen molar-refractivity contribution < 1.29 is 22.7 Å². The summed E-state index contributed by atoms with van der Waals surface area (Å²) in [6, 6.07) is 6.91. The fourth-order valence-electron chi connectivity index (χ4n) is 1.97. The Bertz CT molecular complexity index is 905. The van der Waals surface area contributed by atoms with Gasteiger partial charge in [-0.05, 0) is 31.2 Å². The summed E-state index contributed by atoms with van der Waals surface area (Å²) in [5.41, 5.74) is 0.567. The molecule has 146 valence electrons. The van der Waals surface area contributed by atoms with E-state index in [9.17, 15) is 18.0 Å². The average molecular weight is 459 g/mol. The molecule has 1 aromatic heterocycles. The van der Waals surface area contributed by atoms with Crippen molar-refractivity contribution in [2.75, 3.05) is 18.5 Å². The zero-order chi connectivity index (χ0) is 20.0. The van der Waals surface area contributed by atoms with Crippen molar-refractivity contribution in [2.24, 2.45) is 7.05 Å². The number of nitrogens with zero attached hydrogens (tertiary/aromatic N) is 2. The number of halogens is 1. The minimum Gasteiger partial charge on any atom is -0.456 e. The highest BCUT2D eigenvalue weighted by atomic mass is 79.9. The quantitative estimate of drug-likeness (QED) is 0.575. The van der Waals surface area contributed by atoms with Gasteiger partial charge < -0.3 is 14.6 Å². The van der Waals surface area contributed by atoms with Crippen LogP contribution < -0.4 is 10.0 Å². The first-order chi connectivity index (χ1) is 12.7. The maximum atomic E-state index is 12.1. The van der Waals surface area contributed by atoms with Gasteiger partial charge in [0.15, 0.2) is 11.6 Å². The maximum Gasteiger partial charge on any atom is 0.307 e. The van der Waals surface area contributed by atoms with Gasteiger partial charge in [-0.25, -0.2) is 18.1 Å². The molecule has 9 nitrogen and oxygen atoms in total. The topological polar surface area (TPSA) is 119 Å². The van der Waals surface area contributed by atoms with E-state index in [1.165, 1.54) is 6.20 Å². The van der Waals surface area contributed by atoms with Crippen molar-refractivity contribution in [3.63, 3.8) is 0 Å².